The molecule has 1 unspecified atom stereocenters. The Kier molecular flexibility index (Phi) is 18.5. The Hall–Kier alpha value is 0.130. The van der Waals surface area contributed by atoms with Crippen molar-refractivity contribution in [2.45, 2.75) is 46.6 Å². The summed E-state index contributed by atoms with van der Waals surface area (Å²) >= 11 is 3.82. The van der Waals surface area contributed by atoms with Gasteiger partial charge in [-0.25, -0.2) is 0 Å². The summed E-state index contributed by atoms with van der Waals surface area (Å²) in [5.41, 5.74) is 6.34. The number of nitrogens with two attached hydrogens (primary N) is 1. The summed E-state index contributed by atoms with van der Waals surface area (Å²) in [5.74, 6) is 4.63. The summed E-state index contributed by atoms with van der Waals surface area (Å²) in [7, 11) is 0. The van der Waals surface area contributed by atoms with E-state index < -0.39 is 0 Å². The molecule has 5 heteroatoms. The van der Waals surface area contributed by atoms with Crippen LogP contribution in [0, 0.1) is 0 Å². The maximum atomic E-state index is 8.21. The number of oxime groups is 1. The van der Waals surface area contributed by atoms with Gasteiger partial charge in [0.15, 0.2) is 0 Å². The Morgan fingerprint density at radius 2 is 1.76 bits per heavy atom. The van der Waals surface area contributed by atoms with Crippen LogP contribution in [-0.4, -0.2) is 40.0 Å². The third-order valence-corrected chi connectivity index (χ3v) is 3.74. The normalized spacial score (nSPS) is 12.9. The van der Waals surface area contributed by atoms with Gasteiger partial charge in [-0.1, -0.05) is 19.0 Å². The van der Waals surface area contributed by atoms with E-state index >= 15 is 0 Å². The van der Waals surface area contributed by atoms with Crippen molar-refractivity contribution in [2.24, 2.45) is 10.9 Å². The van der Waals surface area contributed by atoms with Gasteiger partial charge in [-0.05, 0) is 49.7 Å². The summed E-state index contributed by atoms with van der Waals surface area (Å²) in [6.45, 7) is 8.17. The van der Waals surface area contributed by atoms with Crippen molar-refractivity contribution in [2.75, 3.05) is 23.0 Å². The Morgan fingerprint density at radius 3 is 2.18 bits per heavy atom. The molecule has 0 saturated carbocycles. The molecule has 0 radical (unpaired) electrons. The molecule has 17 heavy (non-hydrogen) atoms. The minimum absolute atomic E-state index is 0.383. The van der Waals surface area contributed by atoms with Crippen LogP contribution in [0.2, 0.25) is 0 Å². The maximum absolute atomic E-state index is 8.21. The third kappa shape index (κ3) is 21.9. The topological polar surface area (TPSA) is 58.6 Å². The van der Waals surface area contributed by atoms with E-state index in [1.165, 1.54) is 11.5 Å². The molecule has 0 heterocycles. The predicted molar refractivity (Wildman–Crippen MR) is 83.8 cm³/mol. The Labute approximate surface area is 115 Å². The lowest BCUT2D eigenvalue weighted by Gasteiger charge is -2.01. The molecular formula is C12H28N2OS2. The molecule has 104 valence electrons. The van der Waals surface area contributed by atoms with Crippen LogP contribution in [0.4, 0.5) is 0 Å². The largest absolute Gasteiger partial charge is 0.411 e. The first-order valence-electron chi connectivity index (χ1n) is 6.17. The van der Waals surface area contributed by atoms with Crippen LogP contribution in [0.15, 0.2) is 5.16 Å². The van der Waals surface area contributed by atoms with Crippen molar-refractivity contribution in [3.8, 4) is 0 Å². The van der Waals surface area contributed by atoms with E-state index in [0.717, 1.165) is 30.1 Å². The van der Waals surface area contributed by atoms with Gasteiger partial charge < -0.3 is 10.9 Å². The third-order valence-electron chi connectivity index (χ3n) is 1.90. The molecule has 0 spiro atoms. The Morgan fingerprint density at radius 1 is 1.24 bits per heavy atom. The molecule has 0 aromatic rings. The average Bonchev–Trinajstić information content (AvgIpc) is 2.30. The van der Waals surface area contributed by atoms with Gasteiger partial charge in [-0.15, -0.1) is 0 Å². The lowest BCUT2D eigenvalue weighted by Crippen LogP contribution is -2.15. The van der Waals surface area contributed by atoms with Crippen LogP contribution < -0.4 is 5.73 Å². The molecule has 0 aliphatic carbocycles. The van der Waals surface area contributed by atoms with Gasteiger partial charge in [0.05, 0.1) is 5.71 Å². The van der Waals surface area contributed by atoms with E-state index in [0.29, 0.717) is 6.04 Å². The molecule has 0 fully saturated rings. The van der Waals surface area contributed by atoms with Gasteiger partial charge >= 0.3 is 0 Å². The van der Waals surface area contributed by atoms with Gasteiger partial charge in [-0.2, -0.15) is 23.5 Å². The number of rotatable bonds is 8. The molecule has 3 nitrogen and oxygen atoms in total. The van der Waals surface area contributed by atoms with Gasteiger partial charge in [0, 0.05) is 6.04 Å². The first-order chi connectivity index (χ1) is 8.08. The lowest BCUT2D eigenvalue weighted by atomic mass is 10.3. The highest BCUT2D eigenvalue weighted by atomic mass is 32.2. The number of nitrogens with zero attached hydrogens (tertiary/aromatic N) is 1. The van der Waals surface area contributed by atoms with E-state index in [4.69, 9.17) is 10.9 Å². The minimum atomic E-state index is 0.383. The second kappa shape index (κ2) is 16.1. The highest BCUT2D eigenvalue weighted by Crippen LogP contribution is 2.02. The molecule has 1 atom stereocenters. The van der Waals surface area contributed by atoms with Crippen LogP contribution >= 0.6 is 23.5 Å². The fraction of sp³-hybridized carbons (Fsp3) is 0.917. The van der Waals surface area contributed by atoms with Crippen molar-refractivity contribution >= 4 is 29.2 Å². The van der Waals surface area contributed by atoms with Gasteiger partial charge in [-0.3, -0.25) is 0 Å². The zero-order valence-corrected chi connectivity index (χ0v) is 13.2. The molecule has 0 rings (SSSR count). The molecule has 0 amide bonds. The SMILES string of the molecule is CCSCCC(C)=NO.CCSCCC(C)N. The van der Waals surface area contributed by atoms with Crippen molar-refractivity contribution in [1.82, 2.24) is 0 Å². The zero-order chi connectivity index (χ0) is 13.5. The summed E-state index contributed by atoms with van der Waals surface area (Å²) in [6, 6.07) is 0.383. The van der Waals surface area contributed by atoms with E-state index in [1.54, 1.807) is 0 Å². The number of thioether (sulfide) groups is 2. The van der Waals surface area contributed by atoms with E-state index in [-0.39, 0.29) is 0 Å². The monoisotopic (exact) mass is 280 g/mol. The molecule has 0 bridgehead atoms. The standard InChI is InChI=1S/C6H13NOS.C6H15NS/c1-3-9-5-4-6(2)7-8;1-3-8-5-4-6(2)7/h8H,3-5H2,1-2H3;6H,3-5,7H2,1-2H3. The van der Waals surface area contributed by atoms with E-state index in [9.17, 15) is 0 Å². The highest BCUT2D eigenvalue weighted by Gasteiger charge is 1.91. The molecule has 0 aromatic heterocycles. The quantitative estimate of drug-likeness (QED) is 0.309. The molecule has 0 aromatic carbocycles. The average molecular weight is 281 g/mol. The first kappa shape index (κ1) is 19.5. The predicted octanol–water partition coefficient (Wildman–Crippen LogP) is 3.46. The van der Waals surface area contributed by atoms with Crippen molar-refractivity contribution < 1.29 is 5.21 Å². The minimum Gasteiger partial charge on any atom is -0.411 e. The van der Waals surface area contributed by atoms with Gasteiger partial charge in [0.2, 0.25) is 0 Å². The number of hydrogen-bond donors (Lipinski definition) is 2. The molecule has 3 N–H and O–H groups in total. The van der Waals surface area contributed by atoms with Crippen LogP contribution in [0.1, 0.15) is 40.5 Å². The van der Waals surface area contributed by atoms with Crippen LogP contribution in [-0.2, 0) is 0 Å². The van der Waals surface area contributed by atoms with Crippen LogP contribution in [0.3, 0.4) is 0 Å². The van der Waals surface area contributed by atoms with E-state index in [1.807, 2.05) is 30.4 Å². The lowest BCUT2D eigenvalue weighted by molar-refractivity contribution is 0.317. The Bertz CT molecular complexity index is 176. The number of hydrogen-bond acceptors (Lipinski definition) is 5. The molecule has 0 aliphatic heterocycles. The van der Waals surface area contributed by atoms with Crippen molar-refractivity contribution in [3.63, 3.8) is 0 Å². The zero-order valence-electron chi connectivity index (χ0n) is 11.6. The van der Waals surface area contributed by atoms with Crippen molar-refractivity contribution in [3.05, 3.63) is 0 Å². The van der Waals surface area contributed by atoms with Gasteiger partial charge in [0.1, 0.15) is 0 Å². The smallest absolute Gasteiger partial charge is 0.0548 e. The maximum Gasteiger partial charge on any atom is 0.0548 e. The molecular weight excluding hydrogens is 252 g/mol. The summed E-state index contributed by atoms with van der Waals surface area (Å²) in [6.07, 6.45) is 2.05. The Balaban J connectivity index is 0. The van der Waals surface area contributed by atoms with Crippen LogP contribution in [0.25, 0.3) is 0 Å². The fourth-order valence-electron chi connectivity index (χ4n) is 0.828. The van der Waals surface area contributed by atoms with E-state index in [2.05, 4.69) is 25.9 Å². The van der Waals surface area contributed by atoms with Gasteiger partial charge in [0.25, 0.3) is 0 Å². The second-order valence-electron chi connectivity index (χ2n) is 3.75. The summed E-state index contributed by atoms with van der Waals surface area (Å²) in [5, 5.41) is 11.3. The van der Waals surface area contributed by atoms with Crippen molar-refractivity contribution in [1.29, 1.82) is 0 Å². The summed E-state index contributed by atoms with van der Waals surface area (Å²) in [4.78, 5) is 0. The summed E-state index contributed by atoms with van der Waals surface area (Å²) < 4.78 is 0. The second-order valence-corrected chi connectivity index (χ2v) is 6.53. The fourth-order valence-corrected chi connectivity index (χ4v) is 2.38. The molecule has 0 aliphatic rings. The first-order valence-corrected chi connectivity index (χ1v) is 8.47. The highest BCUT2D eigenvalue weighted by molar-refractivity contribution is 7.99. The van der Waals surface area contributed by atoms with Crippen LogP contribution in [0.5, 0.6) is 0 Å². The molecule has 0 saturated heterocycles.